The van der Waals surface area contributed by atoms with Crippen molar-refractivity contribution in [2.75, 3.05) is 26.2 Å². The summed E-state index contributed by atoms with van der Waals surface area (Å²) in [4.78, 5) is 14.2. The molecule has 21 heavy (non-hydrogen) atoms. The fourth-order valence-electron chi connectivity index (χ4n) is 2.78. The van der Waals surface area contributed by atoms with Gasteiger partial charge in [-0.3, -0.25) is 10.1 Å². The van der Waals surface area contributed by atoms with Crippen LogP contribution < -0.4 is 10.1 Å². The first-order chi connectivity index (χ1) is 10.1. The van der Waals surface area contributed by atoms with Crippen molar-refractivity contribution in [3.63, 3.8) is 0 Å². The van der Waals surface area contributed by atoms with Crippen molar-refractivity contribution in [1.29, 1.82) is 0 Å². The third-order valence-electron chi connectivity index (χ3n) is 3.99. The molecule has 1 saturated heterocycles. The van der Waals surface area contributed by atoms with Crippen LogP contribution in [0.3, 0.4) is 0 Å². The second-order valence-corrected chi connectivity index (χ2v) is 5.45. The summed E-state index contributed by atoms with van der Waals surface area (Å²) in [5.74, 6) is -2.11. The minimum Gasteiger partial charge on any atom is -0.492 e. The second-order valence-electron chi connectivity index (χ2n) is 5.45. The Balaban J connectivity index is 1.78. The van der Waals surface area contributed by atoms with Crippen molar-refractivity contribution in [2.45, 2.75) is 24.8 Å². The maximum atomic E-state index is 13.2. The number of carbonyl (C=O) groups excluding carboxylic acids is 1. The van der Waals surface area contributed by atoms with Gasteiger partial charge >= 0.3 is 0 Å². The van der Waals surface area contributed by atoms with E-state index in [1.807, 2.05) is 24.3 Å². The van der Waals surface area contributed by atoms with E-state index in [9.17, 15) is 13.6 Å². The van der Waals surface area contributed by atoms with Crippen LogP contribution >= 0.6 is 0 Å². The van der Waals surface area contributed by atoms with Crippen LogP contribution in [0.2, 0.25) is 0 Å². The Morgan fingerprint density at radius 2 is 2.00 bits per heavy atom. The number of nitrogens with one attached hydrogen (secondary N) is 1. The van der Waals surface area contributed by atoms with E-state index in [0.717, 1.165) is 5.56 Å². The van der Waals surface area contributed by atoms with Gasteiger partial charge in [0, 0.05) is 38.0 Å². The number of para-hydroxylation sites is 1. The lowest BCUT2D eigenvalue weighted by molar-refractivity contribution is -0.139. The number of nitrogens with zero attached hydrogens (tertiary/aromatic N) is 1. The molecule has 0 aromatic heterocycles. The van der Waals surface area contributed by atoms with E-state index in [2.05, 4.69) is 5.32 Å². The van der Waals surface area contributed by atoms with Crippen molar-refractivity contribution in [1.82, 2.24) is 10.2 Å². The summed E-state index contributed by atoms with van der Waals surface area (Å²) in [5, 5.41) is 3.15. The highest BCUT2D eigenvalue weighted by Crippen LogP contribution is 2.32. The summed E-state index contributed by atoms with van der Waals surface area (Å²) in [5.41, 5.74) is 0.775. The number of alkyl halides is 2. The smallest absolute Gasteiger partial charge is 0.251 e. The molecule has 0 bridgehead atoms. The number of carbonyl (C=O) groups is 1. The van der Waals surface area contributed by atoms with Crippen LogP contribution in [0.5, 0.6) is 5.75 Å². The second kappa shape index (κ2) is 5.60. The van der Waals surface area contributed by atoms with E-state index in [0.29, 0.717) is 18.9 Å². The molecule has 1 aromatic carbocycles. The average Bonchev–Trinajstić information content (AvgIpc) is 2.69. The van der Waals surface area contributed by atoms with E-state index >= 15 is 0 Å². The number of piperidine rings is 1. The maximum Gasteiger partial charge on any atom is 0.251 e. The highest BCUT2D eigenvalue weighted by molar-refractivity contribution is 5.84. The van der Waals surface area contributed by atoms with E-state index in [1.54, 1.807) is 0 Å². The van der Waals surface area contributed by atoms with Crippen LogP contribution in [0.4, 0.5) is 8.78 Å². The zero-order valence-corrected chi connectivity index (χ0v) is 11.6. The van der Waals surface area contributed by atoms with Gasteiger partial charge in [-0.2, -0.15) is 0 Å². The molecule has 1 N–H and O–H groups in total. The fourth-order valence-corrected chi connectivity index (χ4v) is 2.78. The van der Waals surface area contributed by atoms with Crippen molar-refractivity contribution in [3.05, 3.63) is 29.8 Å². The topological polar surface area (TPSA) is 41.6 Å². The minimum atomic E-state index is -2.64. The Morgan fingerprint density at radius 1 is 1.29 bits per heavy atom. The number of amides is 1. The number of rotatable bonds is 1. The predicted molar refractivity (Wildman–Crippen MR) is 73.4 cm³/mol. The summed E-state index contributed by atoms with van der Waals surface area (Å²) in [6.45, 7) is 1.24. The molecule has 1 aromatic rings. The molecule has 4 nitrogen and oxygen atoms in total. The molecule has 2 heterocycles. The summed E-state index contributed by atoms with van der Waals surface area (Å²) < 4.78 is 32.0. The van der Waals surface area contributed by atoms with E-state index in [-0.39, 0.29) is 31.8 Å². The largest absolute Gasteiger partial charge is 0.492 e. The Morgan fingerprint density at radius 3 is 2.76 bits per heavy atom. The predicted octanol–water partition coefficient (Wildman–Crippen LogP) is 1.97. The van der Waals surface area contributed by atoms with Crippen molar-refractivity contribution >= 4 is 5.91 Å². The number of benzene rings is 1. The molecule has 1 atom stereocenters. The van der Waals surface area contributed by atoms with Gasteiger partial charge < -0.3 is 9.64 Å². The lowest BCUT2D eigenvalue weighted by atomic mass is 10.0. The molecule has 0 spiro atoms. The molecule has 0 saturated carbocycles. The summed E-state index contributed by atoms with van der Waals surface area (Å²) in [7, 11) is 0. The summed E-state index contributed by atoms with van der Waals surface area (Å²) >= 11 is 0. The van der Waals surface area contributed by atoms with Crippen molar-refractivity contribution in [2.24, 2.45) is 0 Å². The fraction of sp³-hybridized carbons (Fsp3) is 0.533. The van der Waals surface area contributed by atoms with E-state index in [1.165, 1.54) is 4.90 Å². The molecule has 114 valence electrons. The van der Waals surface area contributed by atoms with Crippen molar-refractivity contribution in [3.8, 4) is 5.75 Å². The van der Waals surface area contributed by atoms with Gasteiger partial charge in [-0.1, -0.05) is 18.2 Å². The van der Waals surface area contributed by atoms with Gasteiger partial charge in [0.15, 0.2) is 0 Å². The Labute approximate surface area is 122 Å². The average molecular weight is 296 g/mol. The van der Waals surface area contributed by atoms with Crippen LogP contribution in [-0.4, -0.2) is 43.0 Å². The van der Waals surface area contributed by atoms with E-state index in [4.69, 9.17) is 4.74 Å². The van der Waals surface area contributed by atoms with Crippen LogP contribution in [0.25, 0.3) is 0 Å². The number of likely N-dealkylation sites (tertiary alicyclic amines) is 1. The number of hydrogen-bond donors (Lipinski definition) is 1. The lowest BCUT2D eigenvalue weighted by Crippen LogP contribution is -2.47. The standard InChI is InChI=1S/C15H18F2N2O2/c16-15(17)5-8-19(9-6-15)14(20)13-11-3-1-2-4-12(11)21-10-7-18-13/h1-4,13,18H,5-10H2. The molecular weight excluding hydrogens is 278 g/mol. The first-order valence-electron chi connectivity index (χ1n) is 7.18. The first-order valence-corrected chi connectivity index (χ1v) is 7.18. The van der Waals surface area contributed by atoms with Gasteiger partial charge in [0.1, 0.15) is 18.4 Å². The van der Waals surface area contributed by atoms with Crippen molar-refractivity contribution < 1.29 is 18.3 Å². The molecule has 0 aliphatic carbocycles. The van der Waals surface area contributed by atoms with Crippen LogP contribution in [0.1, 0.15) is 24.4 Å². The number of halogens is 2. The molecule has 2 aliphatic rings. The van der Waals surface area contributed by atoms with Gasteiger partial charge in [-0.05, 0) is 6.07 Å². The maximum absolute atomic E-state index is 13.2. The van der Waals surface area contributed by atoms with Gasteiger partial charge in [-0.15, -0.1) is 0 Å². The Bertz CT molecular complexity index is 526. The van der Waals surface area contributed by atoms with Crippen LogP contribution in [0, 0.1) is 0 Å². The zero-order chi connectivity index (χ0) is 14.9. The quantitative estimate of drug-likeness (QED) is 0.861. The van der Waals surface area contributed by atoms with E-state index < -0.39 is 12.0 Å². The first kappa shape index (κ1) is 14.3. The number of ether oxygens (including phenoxy) is 1. The highest BCUT2D eigenvalue weighted by atomic mass is 19.3. The third-order valence-corrected chi connectivity index (χ3v) is 3.99. The summed E-state index contributed by atoms with van der Waals surface area (Å²) in [6.07, 6.45) is -0.521. The molecule has 6 heteroatoms. The molecule has 1 amide bonds. The number of hydrogen-bond acceptors (Lipinski definition) is 3. The molecule has 0 radical (unpaired) electrons. The molecule has 1 fully saturated rings. The monoisotopic (exact) mass is 296 g/mol. The molecular formula is C15H18F2N2O2. The normalized spacial score (nSPS) is 24.7. The zero-order valence-electron chi connectivity index (χ0n) is 11.6. The SMILES string of the molecule is O=C(C1NCCOc2ccccc21)N1CCC(F)(F)CC1. The minimum absolute atomic E-state index is 0.104. The Kier molecular flexibility index (Phi) is 3.80. The highest BCUT2D eigenvalue weighted by Gasteiger charge is 2.38. The van der Waals surface area contributed by atoms with Crippen LogP contribution in [-0.2, 0) is 4.79 Å². The van der Waals surface area contributed by atoms with Gasteiger partial charge in [0.2, 0.25) is 5.91 Å². The molecule has 1 unspecified atom stereocenters. The van der Waals surface area contributed by atoms with Gasteiger partial charge in [-0.25, -0.2) is 8.78 Å². The lowest BCUT2D eigenvalue weighted by Gasteiger charge is -2.34. The Hall–Kier alpha value is -1.69. The summed E-state index contributed by atoms with van der Waals surface area (Å²) in [6, 6.07) is 6.85. The van der Waals surface area contributed by atoms with Gasteiger partial charge in [0.25, 0.3) is 5.92 Å². The molecule has 3 rings (SSSR count). The third kappa shape index (κ3) is 3.00. The number of fused-ring (bicyclic) bond motifs is 1. The van der Waals surface area contributed by atoms with Gasteiger partial charge in [0.05, 0.1) is 0 Å². The van der Waals surface area contributed by atoms with Crippen LogP contribution in [0.15, 0.2) is 24.3 Å². The molecule has 2 aliphatic heterocycles.